The molecule has 0 aliphatic carbocycles. The predicted octanol–water partition coefficient (Wildman–Crippen LogP) is 2.17. The summed E-state index contributed by atoms with van der Waals surface area (Å²) in [7, 11) is 1.27. The maximum Gasteiger partial charge on any atom is 0.325 e. The van der Waals surface area contributed by atoms with Gasteiger partial charge in [-0.05, 0) is 41.1 Å². The molecule has 1 aliphatic heterocycles. The number of hydrogen-bond acceptors (Lipinski definition) is 5. The van der Waals surface area contributed by atoms with Crippen molar-refractivity contribution in [1.82, 2.24) is 10.2 Å². The summed E-state index contributed by atoms with van der Waals surface area (Å²) in [5, 5.41) is 7.44. The van der Waals surface area contributed by atoms with Crippen molar-refractivity contribution in [3.8, 4) is 0 Å². The number of fused-ring (bicyclic) bond motifs is 1. The van der Waals surface area contributed by atoms with Gasteiger partial charge in [0.2, 0.25) is 5.91 Å². The molecular weight excluding hydrogens is 366 g/mol. The third kappa shape index (κ3) is 5.07. The van der Waals surface area contributed by atoms with E-state index in [4.69, 9.17) is 0 Å². The lowest BCUT2D eigenvalue weighted by atomic mass is 10.1. The summed E-state index contributed by atoms with van der Waals surface area (Å²) < 4.78 is 4.47. The Labute approximate surface area is 161 Å². The highest BCUT2D eigenvalue weighted by molar-refractivity contribution is 7.10. The number of rotatable bonds is 5. The molecule has 1 aliphatic rings. The molecule has 2 N–H and O–H groups in total. The average Bonchev–Trinajstić information content (AvgIpc) is 3.15. The van der Waals surface area contributed by atoms with Gasteiger partial charge in [0.25, 0.3) is 0 Å². The van der Waals surface area contributed by atoms with Crippen LogP contribution in [0.25, 0.3) is 0 Å². The number of thiophene rings is 1. The molecule has 0 radical (unpaired) electrons. The van der Waals surface area contributed by atoms with Gasteiger partial charge in [-0.1, -0.05) is 12.1 Å². The lowest BCUT2D eigenvalue weighted by Crippen LogP contribution is -2.38. The summed E-state index contributed by atoms with van der Waals surface area (Å²) >= 11 is 1.74. The number of nitrogens with zero attached hydrogens (tertiary/aromatic N) is 1. The molecule has 0 unspecified atom stereocenters. The lowest BCUT2D eigenvalue weighted by Gasteiger charge is -2.27. The molecule has 0 spiro atoms. The van der Waals surface area contributed by atoms with Gasteiger partial charge in [-0.2, -0.15) is 0 Å². The molecule has 2 aromatic rings. The quantitative estimate of drug-likeness (QED) is 0.770. The van der Waals surface area contributed by atoms with Gasteiger partial charge in [-0.15, -0.1) is 11.3 Å². The number of urea groups is 1. The van der Waals surface area contributed by atoms with Crippen LogP contribution in [0.2, 0.25) is 0 Å². The summed E-state index contributed by atoms with van der Waals surface area (Å²) in [4.78, 5) is 38.4. The molecule has 0 fully saturated rings. The average molecular weight is 387 g/mol. The van der Waals surface area contributed by atoms with Crippen LogP contribution in [0.1, 0.15) is 16.0 Å². The van der Waals surface area contributed by atoms with Crippen molar-refractivity contribution in [2.24, 2.45) is 0 Å². The van der Waals surface area contributed by atoms with Crippen molar-refractivity contribution >= 4 is 34.9 Å². The molecule has 0 atom stereocenters. The van der Waals surface area contributed by atoms with Gasteiger partial charge in [0.15, 0.2) is 0 Å². The van der Waals surface area contributed by atoms with Crippen LogP contribution in [0.3, 0.4) is 0 Å². The Balaban J connectivity index is 1.49. The minimum absolute atomic E-state index is 0.129. The van der Waals surface area contributed by atoms with Crippen LogP contribution in [0.15, 0.2) is 35.7 Å². The van der Waals surface area contributed by atoms with E-state index in [1.54, 1.807) is 40.5 Å². The SMILES string of the molecule is COC(=O)CNC(=O)Cc1ccc(NC(=O)N2CCc3sccc3C2)cc1. The summed E-state index contributed by atoms with van der Waals surface area (Å²) in [6, 6.07) is 9.03. The molecule has 2 heterocycles. The topological polar surface area (TPSA) is 87.7 Å². The maximum atomic E-state index is 12.4. The number of anilines is 1. The minimum Gasteiger partial charge on any atom is -0.468 e. The van der Waals surface area contributed by atoms with E-state index in [0.29, 0.717) is 18.8 Å². The first-order valence-electron chi connectivity index (χ1n) is 8.59. The molecule has 27 heavy (non-hydrogen) atoms. The van der Waals surface area contributed by atoms with Crippen LogP contribution in [0, 0.1) is 0 Å². The van der Waals surface area contributed by atoms with Crippen LogP contribution in [0.4, 0.5) is 10.5 Å². The fraction of sp³-hybridized carbons (Fsp3) is 0.316. The van der Waals surface area contributed by atoms with Gasteiger partial charge in [0, 0.05) is 23.7 Å². The predicted molar refractivity (Wildman–Crippen MR) is 103 cm³/mol. The maximum absolute atomic E-state index is 12.4. The number of benzene rings is 1. The number of amides is 3. The molecule has 3 amide bonds. The Kier molecular flexibility index (Phi) is 6.08. The molecule has 0 saturated carbocycles. The first-order chi connectivity index (χ1) is 13.0. The highest BCUT2D eigenvalue weighted by Crippen LogP contribution is 2.24. The lowest BCUT2D eigenvalue weighted by molar-refractivity contribution is -0.141. The van der Waals surface area contributed by atoms with Gasteiger partial charge in [-0.3, -0.25) is 9.59 Å². The van der Waals surface area contributed by atoms with E-state index in [9.17, 15) is 14.4 Å². The van der Waals surface area contributed by atoms with Crippen LogP contribution in [-0.2, 0) is 33.7 Å². The van der Waals surface area contributed by atoms with E-state index in [0.717, 1.165) is 12.0 Å². The van der Waals surface area contributed by atoms with Crippen molar-refractivity contribution < 1.29 is 19.1 Å². The zero-order valence-corrected chi connectivity index (χ0v) is 15.8. The van der Waals surface area contributed by atoms with Gasteiger partial charge in [-0.25, -0.2) is 4.79 Å². The van der Waals surface area contributed by atoms with E-state index in [1.807, 2.05) is 0 Å². The zero-order valence-electron chi connectivity index (χ0n) is 15.0. The van der Waals surface area contributed by atoms with Gasteiger partial charge in [0.05, 0.1) is 13.5 Å². The number of hydrogen-bond donors (Lipinski definition) is 2. The zero-order chi connectivity index (χ0) is 19.2. The fourth-order valence-electron chi connectivity index (χ4n) is 2.82. The fourth-order valence-corrected chi connectivity index (χ4v) is 3.71. The molecule has 0 saturated heterocycles. The van der Waals surface area contributed by atoms with E-state index < -0.39 is 5.97 Å². The summed E-state index contributed by atoms with van der Waals surface area (Å²) in [6.45, 7) is 1.19. The Morgan fingerprint density at radius 1 is 1.19 bits per heavy atom. The smallest absolute Gasteiger partial charge is 0.325 e. The molecule has 0 bridgehead atoms. The van der Waals surface area contributed by atoms with Crippen molar-refractivity contribution in [3.63, 3.8) is 0 Å². The summed E-state index contributed by atoms with van der Waals surface area (Å²) in [6.07, 6.45) is 1.04. The first kappa shape index (κ1) is 18.9. The molecular formula is C19H21N3O4S. The normalized spacial score (nSPS) is 12.9. The summed E-state index contributed by atoms with van der Waals surface area (Å²) in [5.74, 6) is -0.759. The number of nitrogens with one attached hydrogen (secondary N) is 2. The van der Waals surface area contributed by atoms with Crippen molar-refractivity contribution in [2.75, 3.05) is 25.5 Å². The van der Waals surface area contributed by atoms with Gasteiger partial charge >= 0.3 is 12.0 Å². The Morgan fingerprint density at radius 2 is 1.96 bits per heavy atom. The van der Waals surface area contributed by atoms with Gasteiger partial charge < -0.3 is 20.3 Å². The highest BCUT2D eigenvalue weighted by Gasteiger charge is 2.21. The third-order valence-corrected chi connectivity index (χ3v) is 5.35. The van der Waals surface area contributed by atoms with Crippen LogP contribution in [0.5, 0.6) is 0 Å². The number of methoxy groups -OCH3 is 1. The second-order valence-electron chi connectivity index (χ2n) is 6.20. The second kappa shape index (κ2) is 8.68. The third-order valence-electron chi connectivity index (χ3n) is 4.32. The van der Waals surface area contributed by atoms with Gasteiger partial charge in [0.1, 0.15) is 6.54 Å². The largest absolute Gasteiger partial charge is 0.468 e. The number of ether oxygens (including phenoxy) is 1. The molecule has 7 nitrogen and oxygen atoms in total. The molecule has 142 valence electrons. The van der Waals surface area contributed by atoms with E-state index in [2.05, 4.69) is 26.8 Å². The molecule has 8 heteroatoms. The number of carbonyl (C=O) groups excluding carboxylic acids is 3. The standard InChI is InChI=1S/C19H21N3O4S/c1-26-18(24)11-20-17(23)10-13-2-4-15(5-3-13)21-19(25)22-8-6-16-14(12-22)7-9-27-16/h2-5,7,9H,6,8,10-12H2,1H3,(H,20,23)(H,21,25). The Bertz CT molecular complexity index is 832. The first-order valence-corrected chi connectivity index (χ1v) is 9.46. The Hall–Kier alpha value is -2.87. The Morgan fingerprint density at radius 3 is 2.70 bits per heavy atom. The van der Waals surface area contributed by atoms with E-state index >= 15 is 0 Å². The van der Waals surface area contributed by atoms with E-state index in [-0.39, 0.29) is 24.9 Å². The van der Waals surface area contributed by atoms with Crippen LogP contribution in [-0.4, -0.2) is 43.0 Å². The van der Waals surface area contributed by atoms with Crippen molar-refractivity contribution in [3.05, 3.63) is 51.7 Å². The van der Waals surface area contributed by atoms with Crippen molar-refractivity contribution in [2.45, 2.75) is 19.4 Å². The summed E-state index contributed by atoms with van der Waals surface area (Å²) in [5.41, 5.74) is 2.68. The number of esters is 1. The molecule has 1 aromatic heterocycles. The monoisotopic (exact) mass is 387 g/mol. The number of carbonyl (C=O) groups is 3. The minimum atomic E-state index is -0.492. The molecule has 1 aromatic carbocycles. The second-order valence-corrected chi connectivity index (χ2v) is 7.20. The van der Waals surface area contributed by atoms with E-state index in [1.165, 1.54) is 17.6 Å². The van der Waals surface area contributed by atoms with Crippen LogP contribution < -0.4 is 10.6 Å². The highest BCUT2D eigenvalue weighted by atomic mass is 32.1. The van der Waals surface area contributed by atoms with Crippen molar-refractivity contribution in [1.29, 1.82) is 0 Å². The van der Waals surface area contributed by atoms with Crippen LogP contribution >= 0.6 is 11.3 Å². The molecule has 3 rings (SSSR count).